The fourth-order valence-corrected chi connectivity index (χ4v) is 3.96. The van der Waals surface area contributed by atoms with Crippen molar-refractivity contribution in [3.63, 3.8) is 0 Å². The number of carbonyl (C=O) groups is 2. The lowest BCUT2D eigenvalue weighted by atomic mass is 9.98. The number of nitrogens with zero attached hydrogens (tertiary/aromatic N) is 1. The van der Waals surface area contributed by atoms with E-state index >= 15 is 0 Å². The van der Waals surface area contributed by atoms with Gasteiger partial charge in [0.05, 0.1) is 23.9 Å². The first kappa shape index (κ1) is 21.5. The zero-order chi connectivity index (χ0) is 23.2. The number of Topliss-reactive ketones (excluding diaryl/α,β-unsaturated/α-hetero) is 1. The Morgan fingerprint density at radius 3 is 2.50 bits per heavy atom. The number of aryl methyl sites for hydroxylation is 2. The van der Waals surface area contributed by atoms with Crippen molar-refractivity contribution >= 4 is 34.7 Å². The van der Waals surface area contributed by atoms with Gasteiger partial charge in [0, 0.05) is 5.02 Å². The third kappa shape index (κ3) is 3.50. The fourth-order valence-electron chi connectivity index (χ4n) is 3.79. The summed E-state index contributed by atoms with van der Waals surface area (Å²) in [4.78, 5) is 27.4. The number of benzene rings is 2. The van der Waals surface area contributed by atoms with Gasteiger partial charge in [-0.2, -0.15) is 0 Å². The van der Waals surface area contributed by atoms with Crippen molar-refractivity contribution in [1.82, 2.24) is 0 Å². The predicted octanol–water partition coefficient (Wildman–Crippen LogP) is 4.89. The summed E-state index contributed by atoms with van der Waals surface area (Å²) >= 11 is 6.11. The van der Waals surface area contributed by atoms with Crippen molar-refractivity contribution < 1.29 is 29.0 Å². The highest BCUT2D eigenvalue weighted by atomic mass is 35.5. The van der Waals surface area contributed by atoms with Crippen LogP contribution in [0.15, 0.2) is 58.5 Å². The predicted molar refractivity (Wildman–Crippen MR) is 119 cm³/mol. The first-order valence-electron chi connectivity index (χ1n) is 9.73. The van der Waals surface area contributed by atoms with Gasteiger partial charge in [0.1, 0.15) is 34.8 Å². The SMILES string of the molecule is COc1ccc(Cl)cc1/C(O)=C1/C(=O)C(=O)N(c2cc(C)ccc2O)C1c1ccc(C)o1. The Morgan fingerprint density at radius 2 is 1.84 bits per heavy atom. The van der Waals surface area contributed by atoms with Crippen LogP contribution in [0.2, 0.25) is 5.02 Å². The second kappa shape index (κ2) is 8.09. The average Bonchev–Trinajstić information content (AvgIpc) is 3.30. The van der Waals surface area contributed by atoms with Crippen molar-refractivity contribution in [1.29, 1.82) is 0 Å². The van der Waals surface area contributed by atoms with Crippen LogP contribution in [0.5, 0.6) is 11.5 Å². The summed E-state index contributed by atoms with van der Waals surface area (Å²) in [7, 11) is 1.41. The van der Waals surface area contributed by atoms with Crippen molar-refractivity contribution in [3.8, 4) is 11.5 Å². The number of anilines is 1. The molecule has 1 unspecified atom stereocenters. The lowest BCUT2D eigenvalue weighted by molar-refractivity contribution is -0.132. The van der Waals surface area contributed by atoms with Gasteiger partial charge in [0.2, 0.25) is 0 Å². The molecule has 0 aliphatic carbocycles. The Hall–Kier alpha value is -3.71. The normalized spacial score (nSPS) is 17.8. The van der Waals surface area contributed by atoms with E-state index in [1.807, 2.05) is 0 Å². The number of rotatable bonds is 4. The Balaban J connectivity index is 2.01. The summed E-state index contributed by atoms with van der Waals surface area (Å²) in [6.45, 7) is 3.52. The van der Waals surface area contributed by atoms with E-state index in [1.165, 1.54) is 19.2 Å². The molecule has 0 radical (unpaired) electrons. The number of halogens is 1. The molecule has 3 aromatic rings. The van der Waals surface area contributed by atoms with E-state index in [-0.39, 0.29) is 34.1 Å². The molecule has 32 heavy (non-hydrogen) atoms. The maximum atomic E-state index is 13.2. The number of hydrogen-bond donors (Lipinski definition) is 2. The van der Waals surface area contributed by atoms with E-state index in [0.717, 1.165) is 10.5 Å². The molecule has 7 nitrogen and oxygen atoms in total. The highest BCUT2D eigenvalue weighted by Crippen LogP contribution is 2.46. The Bertz CT molecular complexity index is 1280. The topological polar surface area (TPSA) is 100 Å². The van der Waals surface area contributed by atoms with E-state index < -0.39 is 23.5 Å². The van der Waals surface area contributed by atoms with E-state index in [4.69, 9.17) is 20.8 Å². The summed E-state index contributed by atoms with van der Waals surface area (Å²) < 4.78 is 11.1. The molecule has 8 heteroatoms. The maximum Gasteiger partial charge on any atom is 0.300 e. The number of phenols is 1. The molecule has 2 N–H and O–H groups in total. The second-order valence-corrected chi connectivity index (χ2v) is 7.89. The molecule has 4 rings (SSSR count). The zero-order valence-corrected chi connectivity index (χ0v) is 18.3. The standard InChI is InChI=1S/C24H20ClNO6/c1-12-4-7-17(27)16(10-12)26-21(19-8-5-13(2)32-19)20(23(29)24(26)30)22(28)15-11-14(25)6-9-18(15)31-3/h4-11,21,27-28H,1-3H3/b22-20-. The summed E-state index contributed by atoms with van der Waals surface area (Å²) in [5, 5.41) is 22.0. The smallest absolute Gasteiger partial charge is 0.300 e. The number of ketones is 1. The molecule has 1 saturated heterocycles. The highest BCUT2D eigenvalue weighted by Gasteiger charge is 2.49. The highest BCUT2D eigenvalue weighted by molar-refractivity contribution is 6.52. The number of aromatic hydroxyl groups is 1. The van der Waals surface area contributed by atoms with E-state index in [9.17, 15) is 19.8 Å². The molecule has 1 aromatic heterocycles. The number of amides is 1. The summed E-state index contributed by atoms with van der Waals surface area (Å²) in [6, 6.07) is 11.5. The number of phenolic OH excluding ortho intramolecular Hbond substituents is 1. The summed E-state index contributed by atoms with van der Waals surface area (Å²) in [6.07, 6.45) is 0. The molecule has 0 spiro atoms. The van der Waals surface area contributed by atoms with Crippen molar-refractivity contribution in [2.75, 3.05) is 12.0 Å². The largest absolute Gasteiger partial charge is 0.507 e. The van der Waals surface area contributed by atoms with Gasteiger partial charge < -0.3 is 19.4 Å². The first-order valence-corrected chi connectivity index (χ1v) is 10.1. The van der Waals surface area contributed by atoms with E-state index in [0.29, 0.717) is 10.8 Å². The maximum absolute atomic E-state index is 13.2. The second-order valence-electron chi connectivity index (χ2n) is 7.45. The molecule has 2 aromatic carbocycles. The Labute approximate surface area is 189 Å². The van der Waals surface area contributed by atoms with Crippen LogP contribution < -0.4 is 9.64 Å². The zero-order valence-electron chi connectivity index (χ0n) is 17.5. The van der Waals surface area contributed by atoms with Crippen LogP contribution in [0.4, 0.5) is 5.69 Å². The summed E-state index contributed by atoms with van der Waals surface area (Å²) in [5.41, 5.74) is 0.847. The number of methoxy groups -OCH3 is 1. The van der Waals surface area contributed by atoms with Gasteiger partial charge in [-0.1, -0.05) is 17.7 Å². The van der Waals surface area contributed by atoms with Crippen LogP contribution in [-0.4, -0.2) is 29.0 Å². The van der Waals surface area contributed by atoms with Crippen molar-refractivity contribution in [2.24, 2.45) is 0 Å². The van der Waals surface area contributed by atoms with Crippen LogP contribution >= 0.6 is 11.6 Å². The van der Waals surface area contributed by atoms with Crippen LogP contribution in [0.25, 0.3) is 5.76 Å². The van der Waals surface area contributed by atoms with Gasteiger partial charge in [0.15, 0.2) is 0 Å². The average molecular weight is 454 g/mol. The molecule has 2 heterocycles. The lowest BCUT2D eigenvalue weighted by Crippen LogP contribution is -2.29. The third-order valence-corrected chi connectivity index (χ3v) is 5.52. The van der Waals surface area contributed by atoms with Gasteiger partial charge in [0.25, 0.3) is 11.7 Å². The molecule has 1 fully saturated rings. The first-order chi connectivity index (χ1) is 15.2. The van der Waals surface area contributed by atoms with Gasteiger partial charge in [-0.15, -0.1) is 0 Å². The Kier molecular flexibility index (Phi) is 5.44. The minimum atomic E-state index is -1.11. The van der Waals surface area contributed by atoms with E-state index in [2.05, 4.69) is 0 Å². The fraction of sp³-hybridized carbons (Fsp3) is 0.167. The summed E-state index contributed by atoms with van der Waals surface area (Å²) in [5.74, 6) is -1.41. The molecule has 1 aliphatic rings. The van der Waals surface area contributed by atoms with Crippen molar-refractivity contribution in [2.45, 2.75) is 19.9 Å². The number of hydrogen-bond acceptors (Lipinski definition) is 6. The number of aliphatic hydroxyl groups excluding tert-OH is 1. The molecule has 164 valence electrons. The van der Waals surface area contributed by atoms with Gasteiger partial charge in [-0.3, -0.25) is 14.5 Å². The quantitative estimate of drug-likeness (QED) is 0.331. The number of furan rings is 1. The number of aliphatic hydroxyl groups is 1. The monoisotopic (exact) mass is 453 g/mol. The molecule has 0 bridgehead atoms. The van der Waals surface area contributed by atoms with Crippen LogP contribution in [-0.2, 0) is 9.59 Å². The Morgan fingerprint density at radius 1 is 1.09 bits per heavy atom. The molecule has 1 atom stereocenters. The van der Waals surface area contributed by atoms with Gasteiger partial charge in [-0.25, -0.2) is 0 Å². The molecule has 0 saturated carbocycles. The molecule has 1 amide bonds. The van der Waals surface area contributed by atoms with Gasteiger partial charge in [-0.05, 0) is 61.9 Å². The van der Waals surface area contributed by atoms with Gasteiger partial charge >= 0.3 is 0 Å². The van der Waals surface area contributed by atoms with Crippen molar-refractivity contribution in [3.05, 3.63) is 81.8 Å². The minimum absolute atomic E-state index is 0.128. The van der Waals surface area contributed by atoms with Crippen LogP contribution in [0.1, 0.15) is 28.7 Å². The van der Waals surface area contributed by atoms with Crippen LogP contribution in [0, 0.1) is 13.8 Å². The molecular formula is C24H20ClNO6. The number of ether oxygens (including phenoxy) is 1. The molecule has 1 aliphatic heterocycles. The lowest BCUT2D eigenvalue weighted by Gasteiger charge is -2.24. The molecular weight excluding hydrogens is 434 g/mol. The van der Waals surface area contributed by atoms with Crippen LogP contribution in [0.3, 0.4) is 0 Å². The minimum Gasteiger partial charge on any atom is -0.507 e. The van der Waals surface area contributed by atoms with E-state index in [1.54, 1.807) is 50.2 Å². The number of carbonyl (C=O) groups excluding carboxylic acids is 2. The third-order valence-electron chi connectivity index (χ3n) is 5.28.